The summed E-state index contributed by atoms with van der Waals surface area (Å²) in [5.74, 6) is -0.986. The number of aliphatic carboxylic acids is 1. The maximum Gasteiger partial charge on any atom is 0.323 e. The predicted octanol–water partition coefficient (Wildman–Crippen LogP) is 1.38. The van der Waals surface area contributed by atoms with E-state index < -0.39 is 5.97 Å². The lowest BCUT2D eigenvalue weighted by molar-refractivity contribution is -0.149. The van der Waals surface area contributed by atoms with Crippen molar-refractivity contribution >= 4 is 17.8 Å². The first-order chi connectivity index (χ1) is 12.5. The van der Waals surface area contributed by atoms with Gasteiger partial charge in [-0.3, -0.25) is 14.4 Å². The van der Waals surface area contributed by atoms with Gasteiger partial charge in [-0.05, 0) is 37.8 Å². The Labute approximate surface area is 152 Å². The van der Waals surface area contributed by atoms with E-state index in [0.717, 1.165) is 19.3 Å². The van der Waals surface area contributed by atoms with E-state index in [1.54, 1.807) is 17.0 Å². The van der Waals surface area contributed by atoms with Crippen LogP contribution in [0.1, 0.15) is 25.7 Å². The number of hydrogen-bond acceptors (Lipinski definition) is 4. The molecule has 7 nitrogen and oxygen atoms in total. The van der Waals surface area contributed by atoms with Gasteiger partial charge in [0.25, 0.3) is 5.91 Å². The summed E-state index contributed by atoms with van der Waals surface area (Å²) in [7, 11) is 0. The van der Waals surface area contributed by atoms with Gasteiger partial charge in [0.15, 0.2) is 6.61 Å². The first-order valence-corrected chi connectivity index (χ1v) is 9.02. The first kappa shape index (κ1) is 18.2. The van der Waals surface area contributed by atoms with Gasteiger partial charge in [-0.25, -0.2) is 0 Å². The molecule has 1 heterocycles. The van der Waals surface area contributed by atoms with Crippen LogP contribution in [-0.4, -0.2) is 65.0 Å². The van der Waals surface area contributed by atoms with E-state index in [2.05, 4.69) is 0 Å². The maximum absolute atomic E-state index is 12.8. The molecule has 140 valence electrons. The van der Waals surface area contributed by atoms with Crippen molar-refractivity contribution in [2.45, 2.75) is 31.7 Å². The van der Waals surface area contributed by atoms with Crippen LogP contribution in [0.4, 0.5) is 0 Å². The molecule has 1 unspecified atom stereocenters. The first-order valence-electron chi connectivity index (χ1n) is 9.02. The summed E-state index contributed by atoms with van der Waals surface area (Å²) in [5.41, 5.74) is 0. The van der Waals surface area contributed by atoms with Crippen molar-refractivity contribution in [3.8, 4) is 5.75 Å². The minimum atomic E-state index is -0.995. The Bertz CT molecular complexity index is 659. The third-order valence-electron chi connectivity index (χ3n) is 4.81. The second-order valence-corrected chi connectivity index (χ2v) is 6.87. The second kappa shape index (κ2) is 8.21. The summed E-state index contributed by atoms with van der Waals surface area (Å²) in [5, 5.41) is 9.05. The van der Waals surface area contributed by atoms with Gasteiger partial charge in [0.1, 0.15) is 12.3 Å². The number of para-hydroxylation sites is 1. The Morgan fingerprint density at radius 2 is 1.88 bits per heavy atom. The lowest BCUT2D eigenvalue weighted by Gasteiger charge is -2.34. The molecule has 1 saturated heterocycles. The number of rotatable bonds is 7. The summed E-state index contributed by atoms with van der Waals surface area (Å²) in [6, 6.07) is 9.17. The van der Waals surface area contributed by atoms with Crippen molar-refractivity contribution < 1.29 is 24.2 Å². The van der Waals surface area contributed by atoms with E-state index in [1.165, 1.54) is 4.90 Å². The van der Waals surface area contributed by atoms with Crippen LogP contribution in [0.5, 0.6) is 5.75 Å². The minimum absolute atomic E-state index is 0.0473. The number of nitrogens with zero attached hydrogens (tertiary/aromatic N) is 2. The fraction of sp³-hybridized carbons (Fsp3) is 0.526. The van der Waals surface area contributed by atoms with Crippen molar-refractivity contribution in [2.75, 3.05) is 26.2 Å². The number of amides is 2. The third kappa shape index (κ3) is 4.74. The van der Waals surface area contributed by atoms with Crippen LogP contribution in [0, 0.1) is 5.92 Å². The molecule has 1 N–H and O–H groups in total. The third-order valence-corrected chi connectivity index (χ3v) is 4.81. The molecule has 1 aliphatic heterocycles. The fourth-order valence-electron chi connectivity index (χ4n) is 3.31. The molecule has 2 aliphatic rings. The Morgan fingerprint density at radius 3 is 2.54 bits per heavy atom. The molecule has 26 heavy (non-hydrogen) atoms. The Hall–Kier alpha value is -2.57. The van der Waals surface area contributed by atoms with Gasteiger partial charge in [-0.15, -0.1) is 0 Å². The number of likely N-dealkylation sites (tertiary alicyclic amines) is 1. The zero-order valence-corrected chi connectivity index (χ0v) is 14.7. The molecule has 0 bridgehead atoms. The highest BCUT2D eigenvalue weighted by atomic mass is 16.5. The van der Waals surface area contributed by atoms with E-state index >= 15 is 0 Å². The number of carbonyl (C=O) groups excluding carboxylic acids is 2. The average molecular weight is 360 g/mol. The topological polar surface area (TPSA) is 87.2 Å². The SMILES string of the molecule is O=C(O)CN(C(=O)C1CCCN(C(=O)COc2ccccc2)C1)C1CC1. The highest BCUT2D eigenvalue weighted by Gasteiger charge is 2.38. The van der Waals surface area contributed by atoms with Crippen molar-refractivity contribution in [3.63, 3.8) is 0 Å². The van der Waals surface area contributed by atoms with Gasteiger partial charge in [0.2, 0.25) is 5.91 Å². The largest absolute Gasteiger partial charge is 0.484 e. The van der Waals surface area contributed by atoms with Gasteiger partial charge < -0.3 is 19.6 Å². The number of benzene rings is 1. The second-order valence-electron chi connectivity index (χ2n) is 6.87. The van der Waals surface area contributed by atoms with Crippen molar-refractivity contribution in [1.29, 1.82) is 0 Å². The summed E-state index contributed by atoms with van der Waals surface area (Å²) >= 11 is 0. The normalized spacial score (nSPS) is 19.7. The molecular formula is C19H24N2O5. The Morgan fingerprint density at radius 1 is 1.15 bits per heavy atom. The zero-order valence-electron chi connectivity index (χ0n) is 14.7. The molecule has 2 amide bonds. The van der Waals surface area contributed by atoms with Crippen LogP contribution in [0.25, 0.3) is 0 Å². The van der Waals surface area contributed by atoms with Crippen LogP contribution in [-0.2, 0) is 14.4 Å². The highest BCUT2D eigenvalue weighted by Crippen LogP contribution is 2.30. The van der Waals surface area contributed by atoms with Gasteiger partial charge in [-0.2, -0.15) is 0 Å². The Balaban J connectivity index is 1.55. The summed E-state index contributed by atoms with van der Waals surface area (Å²) in [4.78, 5) is 39.3. The molecule has 0 radical (unpaired) electrons. The number of hydrogen-bond donors (Lipinski definition) is 1. The molecule has 1 aromatic carbocycles. The van der Waals surface area contributed by atoms with Crippen molar-refractivity contribution in [1.82, 2.24) is 9.80 Å². The van der Waals surface area contributed by atoms with E-state index in [-0.39, 0.29) is 36.9 Å². The quantitative estimate of drug-likeness (QED) is 0.794. The predicted molar refractivity (Wildman–Crippen MR) is 93.6 cm³/mol. The average Bonchev–Trinajstić information content (AvgIpc) is 3.49. The van der Waals surface area contributed by atoms with Crippen LogP contribution in [0.2, 0.25) is 0 Å². The van der Waals surface area contributed by atoms with Crippen LogP contribution >= 0.6 is 0 Å². The summed E-state index contributed by atoms with van der Waals surface area (Å²) in [6.45, 7) is 0.610. The Kier molecular flexibility index (Phi) is 5.75. The van der Waals surface area contributed by atoms with Crippen LogP contribution < -0.4 is 4.74 Å². The molecule has 2 fully saturated rings. The molecule has 1 saturated carbocycles. The minimum Gasteiger partial charge on any atom is -0.484 e. The summed E-state index contributed by atoms with van der Waals surface area (Å²) < 4.78 is 5.50. The molecule has 1 aliphatic carbocycles. The molecular weight excluding hydrogens is 336 g/mol. The van der Waals surface area contributed by atoms with Crippen molar-refractivity contribution in [3.05, 3.63) is 30.3 Å². The monoisotopic (exact) mass is 360 g/mol. The molecule has 1 atom stereocenters. The lowest BCUT2D eigenvalue weighted by Crippen LogP contribution is -2.49. The van der Waals surface area contributed by atoms with Crippen molar-refractivity contribution in [2.24, 2.45) is 5.92 Å². The van der Waals surface area contributed by atoms with Crippen LogP contribution in [0.3, 0.4) is 0 Å². The number of carboxylic acids is 1. The van der Waals surface area contributed by atoms with E-state index in [0.29, 0.717) is 25.3 Å². The van der Waals surface area contributed by atoms with E-state index in [4.69, 9.17) is 9.84 Å². The number of ether oxygens (including phenoxy) is 1. The standard InChI is InChI=1S/C19H24N2O5/c22-17(13-26-16-6-2-1-3-7-16)20-10-4-5-14(11-20)19(25)21(12-18(23)24)15-8-9-15/h1-3,6-7,14-15H,4-5,8-13H2,(H,23,24). The smallest absolute Gasteiger partial charge is 0.323 e. The number of piperidine rings is 1. The fourth-order valence-corrected chi connectivity index (χ4v) is 3.31. The molecule has 0 spiro atoms. The zero-order chi connectivity index (χ0) is 18.5. The van der Waals surface area contributed by atoms with E-state index in [9.17, 15) is 14.4 Å². The highest BCUT2D eigenvalue weighted by molar-refractivity contribution is 5.85. The van der Waals surface area contributed by atoms with Gasteiger partial charge >= 0.3 is 5.97 Å². The van der Waals surface area contributed by atoms with Gasteiger partial charge in [0.05, 0.1) is 5.92 Å². The van der Waals surface area contributed by atoms with Gasteiger partial charge in [0, 0.05) is 19.1 Å². The molecule has 0 aromatic heterocycles. The van der Waals surface area contributed by atoms with Gasteiger partial charge in [-0.1, -0.05) is 18.2 Å². The van der Waals surface area contributed by atoms with Crippen LogP contribution in [0.15, 0.2) is 30.3 Å². The molecule has 7 heteroatoms. The molecule has 3 rings (SSSR count). The lowest BCUT2D eigenvalue weighted by atomic mass is 9.96. The number of carbonyl (C=O) groups is 3. The summed E-state index contributed by atoms with van der Waals surface area (Å²) in [6.07, 6.45) is 3.14. The molecule has 1 aromatic rings. The van der Waals surface area contributed by atoms with E-state index in [1.807, 2.05) is 18.2 Å². The number of carboxylic acid groups (broad SMARTS) is 1. The maximum atomic E-state index is 12.8.